The fourth-order valence-corrected chi connectivity index (χ4v) is 3.00. The van der Waals surface area contributed by atoms with E-state index in [9.17, 15) is 4.79 Å². The summed E-state index contributed by atoms with van der Waals surface area (Å²) in [5.74, 6) is 0.111. The molecular weight excluding hydrogens is 202 g/mol. The van der Waals surface area contributed by atoms with Crippen LogP contribution in [0.1, 0.15) is 52.9 Å². The summed E-state index contributed by atoms with van der Waals surface area (Å²) in [6.07, 6.45) is 5.36. The van der Waals surface area contributed by atoms with Gasteiger partial charge in [-0.05, 0) is 32.2 Å². The second-order valence-corrected chi connectivity index (χ2v) is 5.20. The molecule has 0 aromatic carbocycles. The summed E-state index contributed by atoms with van der Waals surface area (Å²) in [6.45, 7) is 7.45. The van der Waals surface area contributed by atoms with Crippen molar-refractivity contribution in [1.82, 2.24) is 4.90 Å². The van der Waals surface area contributed by atoms with Gasteiger partial charge in [0.1, 0.15) is 0 Å². The van der Waals surface area contributed by atoms with Crippen molar-refractivity contribution in [3.8, 4) is 0 Å². The number of nitrogens with zero attached hydrogens (tertiary/aromatic N) is 1. The van der Waals surface area contributed by atoms with Crippen LogP contribution >= 0.6 is 0 Å². The summed E-state index contributed by atoms with van der Waals surface area (Å²) < 4.78 is 0. The maximum absolute atomic E-state index is 10.8. The molecule has 3 atom stereocenters. The molecule has 1 aliphatic carbocycles. The summed E-state index contributed by atoms with van der Waals surface area (Å²) in [5, 5.41) is 8.85. The maximum Gasteiger partial charge on any atom is 0.304 e. The van der Waals surface area contributed by atoms with Crippen LogP contribution in [0, 0.1) is 5.92 Å². The fourth-order valence-electron chi connectivity index (χ4n) is 3.00. The molecule has 0 spiro atoms. The Morgan fingerprint density at radius 2 is 2.19 bits per heavy atom. The maximum atomic E-state index is 10.8. The monoisotopic (exact) mass is 227 g/mol. The number of hydrogen-bond acceptors (Lipinski definition) is 2. The van der Waals surface area contributed by atoms with Gasteiger partial charge in [0.15, 0.2) is 0 Å². The lowest BCUT2D eigenvalue weighted by Gasteiger charge is -2.39. The van der Waals surface area contributed by atoms with Crippen molar-refractivity contribution >= 4 is 5.97 Å². The molecule has 3 heteroatoms. The summed E-state index contributed by atoms with van der Waals surface area (Å²) in [5.41, 5.74) is 0. The van der Waals surface area contributed by atoms with Crippen molar-refractivity contribution in [2.75, 3.05) is 6.54 Å². The highest BCUT2D eigenvalue weighted by Crippen LogP contribution is 2.28. The quantitative estimate of drug-likeness (QED) is 0.785. The van der Waals surface area contributed by atoms with Crippen molar-refractivity contribution in [3.63, 3.8) is 0 Å². The molecule has 0 bridgehead atoms. The zero-order valence-electron chi connectivity index (χ0n) is 10.8. The zero-order chi connectivity index (χ0) is 12.1. The van der Waals surface area contributed by atoms with Gasteiger partial charge in [0.2, 0.25) is 0 Å². The second kappa shape index (κ2) is 6.24. The van der Waals surface area contributed by atoms with Crippen molar-refractivity contribution in [1.29, 1.82) is 0 Å². The molecule has 3 unspecified atom stereocenters. The van der Waals surface area contributed by atoms with Crippen molar-refractivity contribution < 1.29 is 9.90 Å². The Bertz CT molecular complexity index is 230. The Kier molecular flexibility index (Phi) is 5.26. The van der Waals surface area contributed by atoms with Crippen molar-refractivity contribution in [3.05, 3.63) is 0 Å². The van der Waals surface area contributed by atoms with Gasteiger partial charge < -0.3 is 5.11 Å². The second-order valence-electron chi connectivity index (χ2n) is 5.20. The van der Waals surface area contributed by atoms with Gasteiger partial charge in [0.05, 0.1) is 6.42 Å². The average Bonchev–Trinajstić information content (AvgIpc) is 2.17. The Morgan fingerprint density at radius 1 is 1.50 bits per heavy atom. The van der Waals surface area contributed by atoms with Crippen molar-refractivity contribution in [2.45, 2.75) is 65.0 Å². The summed E-state index contributed by atoms with van der Waals surface area (Å²) in [6, 6.07) is 0.765. The van der Waals surface area contributed by atoms with Gasteiger partial charge in [-0.3, -0.25) is 9.69 Å². The SMILES string of the molecule is CCN(C(C)CC(=O)O)C1CCCC(C)C1. The molecule has 16 heavy (non-hydrogen) atoms. The standard InChI is InChI=1S/C13H25NO2/c1-4-14(11(3)9-13(15)16)12-7-5-6-10(2)8-12/h10-12H,4-9H2,1-3H3,(H,15,16). The highest BCUT2D eigenvalue weighted by atomic mass is 16.4. The van der Waals surface area contributed by atoms with Crippen LogP contribution in [0.2, 0.25) is 0 Å². The summed E-state index contributed by atoms with van der Waals surface area (Å²) >= 11 is 0. The molecule has 0 aromatic rings. The molecule has 0 amide bonds. The van der Waals surface area contributed by atoms with E-state index in [-0.39, 0.29) is 12.5 Å². The van der Waals surface area contributed by atoms with Crippen LogP contribution in [0.15, 0.2) is 0 Å². The average molecular weight is 227 g/mol. The predicted octanol–water partition coefficient (Wildman–Crippen LogP) is 2.75. The smallest absolute Gasteiger partial charge is 0.304 e. The topological polar surface area (TPSA) is 40.5 Å². The number of aliphatic carboxylic acids is 1. The van der Waals surface area contributed by atoms with Crippen LogP contribution < -0.4 is 0 Å². The minimum Gasteiger partial charge on any atom is -0.481 e. The molecule has 1 aliphatic rings. The predicted molar refractivity (Wildman–Crippen MR) is 65.5 cm³/mol. The molecule has 1 N–H and O–H groups in total. The van der Waals surface area contributed by atoms with Crippen LogP contribution in [-0.4, -0.2) is 34.6 Å². The molecule has 0 aromatic heterocycles. The molecule has 0 saturated heterocycles. The third-order valence-corrected chi connectivity index (χ3v) is 3.78. The zero-order valence-corrected chi connectivity index (χ0v) is 10.8. The Balaban J connectivity index is 2.54. The molecule has 1 rings (SSSR count). The fraction of sp³-hybridized carbons (Fsp3) is 0.923. The van der Waals surface area contributed by atoms with E-state index >= 15 is 0 Å². The summed E-state index contributed by atoms with van der Waals surface area (Å²) in [7, 11) is 0. The van der Waals surface area contributed by atoms with Gasteiger partial charge in [0.25, 0.3) is 0 Å². The van der Waals surface area contributed by atoms with Crippen LogP contribution in [-0.2, 0) is 4.79 Å². The number of carboxylic acid groups (broad SMARTS) is 1. The lowest BCUT2D eigenvalue weighted by Crippen LogP contribution is -2.44. The molecule has 94 valence electrons. The molecule has 0 heterocycles. The lowest BCUT2D eigenvalue weighted by atomic mass is 9.85. The third-order valence-electron chi connectivity index (χ3n) is 3.78. The Labute approximate surface area is 98.8 Å². The van der Waals surface area contributed by atoms with Crippen LogP contribution in [0.3, 0.4) is 0 Å². The van der Waals surface area contributed by atoms with E-state index in [4.69, 9.17) is 5.11 Å². The first-order valence-electron chi connectivity index (χ1n) is 6.52. The highest BCUT2D eigenvalue weighted by Gasteiger charge is 2.27. The molecule has 1 saturated carbocycles. The number of carbonyl (C=O) groups is 1. The first-order chi connectivity index (χ1) is 7.54. The van der Waals surface area contributed by atoms with E-state index in [0.717, 1.165) is 12.5 Å². The van der Waals surface area contributed by atoms with Gasteiger partial charge in [-0.15, -0.1) is 0 Å². The third kappa shape index (κ3) is 3.78. The first kappa shape index (κ1) is 13.5. The molecule has 1 fully saturated rings. The van der Waals surface area contributed by atoms with E-state index in [1.54, 1.807) is 0 Å². The largest absolute Gasteiger partial charge is 0.481 e. The Hall–Kier alpha value is -0.570. The van der Waals surface area contributed by atoms with Gasteiger partial charge in [-0.25, -0.2) is 0 Å². The van der Waals surface area contributed by atoms with Gasteiger partial charge in [0, 0.05) is 12.1 Å². The van der Waals surface area contributed by atoms with E-state index in [1.165, 1.54) is 25.7 Å². The summed E-state index contributed by atoms with van der Waals surface area (Å²) in [4.78, 5) is 13.1. The van der Waals surface area contributed by atoms with Gasteiger partial charge >= 0.3 is 5.97 Å². The Morgan fingerprint density at radius 3 is 2.69 bits per heavy atom. The molecule has 3 nitrogen and oxygen atoms in total. The highest BCUT2D eigenvalue weighted by molar-refractivity contribution is 5.67. The van der Waals surface area contributed by atoms with E-state index < -0.39 is 5.97 Å². The molecule has 0 radical (unpaired) electrons. The minimum absolute atomic E-state index is 0.165. The first-order valence-corrected chi connectivity index (χ1v) is 6.52. The molecule has 0 aliphatic heterocycles. The minimum atomic E-state index is -0.685. The number of rotatable bonds is 5. The van der Waals surface area contributed by atoms with Crippen molar-refractivity contribution in [2.24, 2.45) is 5.92 Å². The van der Waals surface area contributed by atoms with Gasteiger partial charge in [-0.1, -0.05) is 26.7 Å². The normalized spacial score (nSPS) is 28.0. The van der Waals surface area contributed by atoms with Crippen LogP contribution in [0.5, 0.6) is 0 Å². The van der Waals surface area contributed by atoms with E-state index in [0.29, 0.717) is 6.04 Å². The van der Waals surface area contributed by atoms with Crippen LogP contribution in [0.4, 0.5) is 0 Å². The molecular formula is C13H25NO2. The van der Waals surface area contributed by atoms with E-state index in [2.05, 4.69) is 18.7 Å². The van der Waals surface area contributed by atoms with Gasteiger partial charge in [-0.2, -0.15) is 0 Å². The van der Waals surface area contributed by atoms with Crippen LogP contribution in [0.25, 0.3) is 0 Å². The lowest BCUT2D eigenvalue weighted by molar-refractivity contribution is -0.138. The number of hydrogen-bond donors (Lipinski definition) is 1. The number of carboxylic acids is 1. The van der Waals surface area contributed by atoms with E-state index in [1.807, 2.05) is 6.92 Å².